The minimum atomic E-state index is -0.571. The molecule has 0 saturated carbocycles. The molecular formula is C19H26N6O4. The van der Waals surface area contributed by atoms with Crippen molar-refractivity contribution in [2.45, 2.75) is 71.7 Å². The molecule has 4 rings (SSSR count). The Bertz CT molecular complexity index is 943. The lowest BCUT2D eigenvalue weighted by atomic mass is 10.1. The number of carbonyl (C=O) groups excluding carboxylic acids is 2. The monoisotopic (exact) mass is 402 g/mol. The Hall–Kier alpha value is -2.91. The number of anilines is 1. The van der Waals surface area contributed by atoms with Crippen molar-refractivity contribution in [3.63, 3.8) is 0 Å². The molecule has 2 aromatic rings. The second kappa shape index (κ2) is 6.85. The van der Waals surface area contributed by atoms with Gasteiger partial charge in [0, 0.05) is 25.8 Å². The first kappa shape index (κ1) is 19.4. The minimum absolute atomic E-state index is 0.0179. The van der Waals surface area contributed by atoms with Crippen molar-refractivity contribution in [3.8, 4) is 0 Å². The Morgan fingerprint density at radius 2 is 2.07 bits per heavy atom. The molecule has 2 amide bonds. The third-order valence-corrected chi connectivity index (χ3v) is 5.17. The number of rotatable bonds is 2. The molecule has 1 saturated heterocycles. The first-order valence-corrected chi connectivity index (χ1v) is 9.77. The number of fused-ring (bicyclic) bond motifs is 1. The third kappa shape index (κ3) is 3.70. The van der Waals surface area contributed by atoms with E-state index in [0.717, 1.165) is 11.4 Å². The molecule has 2 aromatic heterocycles. The Morgan fingerprint density at radius 1 is 1.31 bits per heavy atom. The summed E-state index contributed by atoms with van der Waals surface area (Å²) in [6.45, 7) is 10.6. The Labute approximate surface area is 168 Å². The van der Waals surface area contributed by atoms with E-state index in [0.29, 0.717) is 37.8 Å². The molecule has 0 bridgehead atoms. The molecule has 1 fully saturated rings. The van der Waals surface area contributed by atoms with Crippen molar-refractivity contribution in [3.05, 3.63) is 23.6 Å². The van der Waals surface area contributed by atoms with Crippen LogP contribution < -0.4 is 4.90 Å². The van der Waals surface area contributed by atoms with Gasteiger partial charge in [0.25, 0.3) is 0 Å². The van der Waals surface area contributed by atoms with Gasteiger partial charge in [-0.3, -0.25) is 14.4 Å². The summed E-state index contributed by atoms with van der Waals surface area (Å²) < 4.78 is 12.5. The van der Waals surface area contributed by atoms with Gasteiger partial charge in [-0.15, -0.1) is 0 Å². The summed E-state index contributed by atoms with van der Waals surface area (Å²) in [7, 11) is 0. The normalized spacial score (nSPS) is 22.2. The number of hydrogen-bond donors (Lipinski definition) is 0. The van der Waals surface area contributed by atoms with Crippen molar-refractivity contribution in [2.24, 2.45) is 0 Å². The predicted octanol–water partition coefficient (Wildman–Crippen LogP) is 2.23. The lowest BCUT2D eigenvalue weighted by Gasteiger charge is -2.36. The fraction of sp³-hybridized carbons (Fsp3) is 0.632. The molecule has 0 spiro atoms. The van der Waals surface area contributed by atoms with Gasteiger partial charge in [0.1, 0.15) is 5.60 Å². The molecule has 156 valence electrons. The van der Waals surface area contributed by atoms with Crippen LogP contribution in [0.1, 0.15) is 57.4 Å². The molecule has 0 aromatic carbocycles. The summed E-state index contributed by atoms with van der Waals surface area (Å²) in [6, 6.07) is -0.0607. The van der Waals surface area contributed by atoms with E-state index in [1.165, 1.54) is 0 Å². The number of aryl methyl sites for hydroxylation is 1. The molecule has 2 aliphatic heterocycles. The Balaban J connectivity index is 1.56. The standard InChI is InChI=1S/C19H26N6O4/c1-11-8-25-15(10-23(11)18(27)28-19(3,4)5)14(7-20-25)24-9-13(6-16(24)26)17-21-12(2)29-22-17/h7,11,13H,6,8-10H2,1-5H3. The van der Waals surface area contributed by atoms with E-state index < -0.39 is 5.60 Å². The van der Waals surface area contributed by atoms with Crippen molar-refractivity contribution < 1.29 is 18.8 Å². The molecule has 0 N–H and O–H groups in total. The Kier molecular flexibility index (Phi) is 4.59. The Morgan fingerprint density at radius 3 is 2.72 bits per heavy atom. The maximum atomic E-state index is 12.7. The zero-order valence-corrected chi connectivity index (χ0v) is 17.4. The van der Waals surface area contributed by atoms with E-state index in [4.69, 9.17) is 9.26 Å². The highest BCUT2D eigenvalue weighted by Gasteiger charge is 2.39. The molecule has 4 heterocycles. The van der Waals surface area contributed by atoms with Crippen LogP contribution in [0.2, 0.25) is 0 Å². The molecular weight excluding hydrogens is 376 g/mol. The highest BCUT2D eigenvalue weighted by Crippen LogP contribution is 2.34. The zero-order chi connectivity index (χ0) is 20.9. The number of nitrogens with zero attached hydrogens (tertiary/aromatic N) is 6. The molecule has 0 radical (unpaired) electrons. The number of aromatic nitrogens is 4. The second-order valence-electron chi connectivity index (χ2n) is 8.69. The van der Waals surface area contributed by atoms with E-state index in [1.807, 2.05) is 32.4 Å². The number of amides is 2. The number of hydrogen-bond acceptors (Lipinski definition) is 7. The minimum Gasteiger partial charge on any atom is -0.444 e. The van der Waals surface area contributed by atoms with Gasteiger partial charge in [0.15, 0.2) is 5.82 Å². The first-order valence-electron chi connectivity index (χ1n) is 9.77. The summed E-state index contributed by atoms with van der Waals surface area (Å²) >= 11 is 0. The average molecular weight is 402 g/mol. The summed E-state index contributed by atoms with van der Waals surface area (Å²) in [5.74, 6) is 0.884. The largest absolute Gasteiger partial charge is 0.444 e. The lowest BCUT2D eigenvalue weighted by Crippen LogP contribution is -2.47. The van der Waals surface area contributed by atoms with Crippen LogP contribution in [0, 0.1) is 6.92 Å². The van der Waals surface area contributed by atoms with Crippen molar-refractivity contribution in [1.82, 2.24) is 24.8 Å². The molecule has 10 heteroatoms. The topological polar surface area (TPSA) is 107 Å². The van der Waals surface area contributed by atoms with E-state index in [-0.39, 0.29) is 24.0 Å². The van der Waals surface area contributed by atoms with E-state index in [9.17, 15) is 9.59 Å². The van der Waals surface area contributed by atoms with E-state index in [1.54, 1.807) is 22.9 Å². The van der Waals surface area contributed by atoms with Crippen LogP contribution in [0.4, 0.5) is 10.5 Å². The van der Waals surface area contributed by atoms with Crippen LogP contribution in [-0.2, 0) is 22.6 Å². The predicted molar refractivity (Wildman–Crippen MR) is 102 cm³/mol. The van der Waals surface area contributed by atoms with Gasteiger partial charge >= 0.3 is 6.09 Å². The van der Waals surface area contributed by atoms with Gasteiger partial charge in [-0.05, 0) is 27.7 Å². The van der Waals surface area contributed by atoms with Crippen LogP contribution in [0.3, 0.4) is 0 Å². The quantitative estimate of drug-likeness (QED) is 0.758. The average Bonchev–Trinajstić information content (AvgIpc) is 3.30. The molecule has 29 heavy (non-hydrogen) atoms. The SMILES string of the molecule is Cc1nc(C2CC(=O)N(c3cnn4c3CN(C(=O)OC(C)(C)C)C(C)C4)C2)no1. The van der Waals surface area contributed by atoms with Crippen LogP contribution in [0.25, 0.3) is 0 Å². The van der Waals surface area contributed by atoms with Crippen LogP contribution in [0.5, 0.6) is 0 Å². The van der Waals surface area contributed by atoms with Crippen molar-refractivity contribution in [2.75, 3.05) is 11.4 Å². The van der Waals surface area contributed by atoms with Gasteiger partial charge < -0.3 is 14.2 Å². The first-order chi connectivity index (χ1) is 13.6. The van der Waals surface area contributed by atoms with Crippen LogP contribution in [-0.4, -0.2) is 55.0 Å². The summed E-state index contributed by atoms with van der Waals surface area (Å²) in [5.41, 5.74) is 0.975. The number of ether oxygens (including phenoxy) is 1. The van der Waals surface area contributed by atoms with Crippen LogP contribution >= 0.6 is 0 Å². The zero-order valence-electron chi connectivity index (χ0n) is 17.4. The summed E-state index contributed by atoms with van der Waals surface area (Å²) in [5, 5.41) is 8.41. The number of carbonyl (C=O) groups is 2. The van der Waals surface area contributed by atoms with Gasteiger partial charge in [0.05, 0.1) is 36.7 Å². The van der Waals surface area contributed by atoms with Crippen molar-refractivity contribution >= 4 is 17.7 Å². The molecule has 2 unspecified atom stereocenters. The van der Waals surface area contributed by atoms with Crippen LogP contribution in [0.15, 0.2) is 10.7 Å². The molecule has 2 atom stereocenters. The van der Waals surface area contributed by atoms with Gasteiger partial charge in [-0.2, -0.15) is 10.1 Å². The summed E-state index contributed by atoms with van der Waals surface area (Å²) in [6.07, 6.45) is 1.65. The fourth-order valence-corrected chi connectivity index (χ4v) is 3.77. The van der Waals surface area contributed by atoms with Gasteiger partial charge in [0.2, 0.25) is 11.8 Å². The van der Waals surface area contributed by atoms with Gasteiger partial charge in [-0.25, -0.2) is 4.79 Å². The molecule has 10 nitrogen and oxygen atoms in total. The maximum absolute atomic E-state index is 12.7. The van der Waals surface area contributed by atoms with E-state index >= 15 is 0 Å². The second-order valence-corrected chi connectivity index (χ2v) is 8.69. The van der Waals surface area contributed by atoms with E-state index in [2.05, 4.69) is 15.2 Å². The van der Waals surface area contributed by atoms with Gasteiger partial charge in [-0.1, -0.05) is 5.16 Å². The highest BCUT2D eigenvalue weighted by molar-refractivity contribution is 5.96. The maximum Gasteiger partial charge on any atom is 0.410 e. The third-order valence-electron chi connectivity index (χ3n) is 5.17. The smallest absolute Gasteiger partial charge is 0.410 e. The fourth-order valence-electron chi connectivity index (χ4n) is 3.77. The molecule has 2 aliphatic rings. The summed E-state index contributed by atoms with van der Waals surface area (Å²) in [4.78, 5) is 33.0. The lowest BCUT2D eigenvalue weighted by molar-refractivity contribution is -0.117. The van der Waals surface area contributed by atoms with Crippen molar-refractivity contribution in [1.29, 1.82) is 0 Å². The molecule has 0 aliphatic carbocycles. The highest BCUT2D eigenvalue weighted by atomic mass is 16.6.